The van der Waals surface area contributed by atoms with Crippen LogP contribution in [0.3, 0.4) is 0 Å². The van der Waals surface area contributed by atoms with E-state index in [2.05, 4.69) is 127 Å². The van der Waals surface area contributed by atoms with Gasteiger partial charge in [-0.05, 0) is 53.3 Å². The van der Waals surface area contributed by atoms with Crippen molar-refractivity contribution in [2.45, 2.75) is 38.0 Å². The Hall–Kier alpha value is -4.18. The number of anilines is 1. The zero-order chi connectivity index (χ0) is 25.4. The molecule has 37 heavy (non-hydrogen) atoms. The Labute approximate surface area is 216 Å². The quantitative estimate of drug-likeness (QED) is 0.325. The molecule has 0 aliphatic heterocycles. The molecular weight excluding hydrogens is 454 g/mol. The molecule has 0 radical (unpaired) electrons. The number of nitrogens with one attached hydrogen (secondary N) is 2. The number of H-pyrrole nitrogens is 1. The van der Waals surface area contributed by atoms with Crippen LogP contribution >= 0.6 is 0 Å². The SMILES string of the molecule is Cc1ccc(-c2cnc(NC(=O)C3(C)CC4(C)C5=CC3(C=CC=C5)c3ccccc34)[nH]2)c2ccccc12. The smallest absolute Gasteiger partial charge is 0.234 e. The molecular formula is C33H29N3O. The molecule has 0 saturated heterocycles. The largest absolute Gasteiger partial charge is 0.324 e. The van der Waals surface area contributed by atoms with Crippen molar-refractivity contribution in [1.29, 1.82) is 0 Å². The van der Waals surface area contributed by atoms with E-state index in [9.17, 15) is 4.79 Å². The van der Waals surface area contributed by atoms with E-state index in [1.807, 2.05) is 6.20 Å². The molecule has 3 aromatic carbocycles. The van der Waals surface area contributed by atoms with E-state index in [4.69, 9.17) is 0 Å². The number of hydrogen-bond acceptors (Lipinski definition) is 2. The van der Waals surface area contributed by atoms with Crippen molar-refractivity contribution in [3.8, 4) is 11.3 Å². The van der Waals surface area contributed by atoms with Crippen molar-refractivity contribution in [2.24, 2.45) is 5.41 Å². The highest BCUT2D eigenvalue weighted by atomic mass is 16.2. The third kappa shape index (κ3) is 2.84. The minimum atomic E-state index is -0.689. The maximum absolute atomic E-state index is 14.2. The van der Waals surface area contributed by atoms with E-state index < -0.39 is 10.8 Å². The minimum Gasteiger partial charge on any atom is -0.324 e. The lowest BCUT2D eigenvalue weighted by Gasteiger charge is -2.59. The number of hydrogen-bond donors (Lipinski definition) is 2. The summed E-state index contributed by atoms with van der Waals surface area (Å²) in [5.74, 6) is 0.451. The molecule has 4 aromatic rings. The lowest BCUT2D eigenvalue weighted by molar-refractivity contribution is -0.129. The Morgan fingerprint density at radius 2 is 1.70 bits per heavy atom. The predicted molar refractivity (Wildman–Crippen MR) is 149 cm³/mol. The molecule has 1 amide bonds. The summed E-state index contributed by atoms with van der Waals surface area (Å²) in [6.07, 6.45) is 13.5. The number of benzene rings is 3. The van der Waals surface area contributed by atoms with Crippen molar-refractivity contribution < 1.29 is 4.79 Å². The highest BCUT2D eigenvalue weighted by Crippen LogP contribution is 2.65. The van der Waals surface area contributed by atoms with Gasteiger partial charge in [-0.15, -0.1) is 0 Å². The topological polar surface area (TPSA) is 57.8 Å². The van der Waals surface area contributed by atoms with Crippen molar-refractivity contribution in [3.05, 3.63) is 120 Å². The molecule has 3 unspecified atom stereocenters. The Morgan fingerprint density at radius 1 is 0.946 bits per heavy atom. The van der Waals surface area contributed by atoms with Gasteiger partial charge in [0.2, 0.25) is 11.9 Å². The van der Waals surface area contributed by atoms with Gasteiger partial charge in [0.05, 0.1) is 17.3 Å². The number of amides is 1. The lowest BCUT2D eigenvalue weighted by Crippen LogP contribution is -2.60. The summed E-state index contributed by atoms with van der Waals surface area (Å²) in [6.45, 7) is 6.50. The highest BCUT2D eigenvalue weighted by molar-refractivity contribution is 5.99. The normalized spacial score (nSPS) is 27.1. The van der Waals surface area contributed by atoms with Crippen LogP contribution in [0.15, 0.2) is 103 Å². The van der Waals surface area contributed by atoms with Crippen LogP contribution in [-0.2, 0) is 15.6 Å². The molecule has 4 aliphatic carbocycles. The number of nitrogens with zero attached hydrogens (tertiary/aromatic N) is 1. The van der Waals surface area contributed by atoms with E-state index in [0.717, 1.165) is 23.1 Å². The molecule has 1 heterocycles. The number of rotatable bonds is 3. The number of aryl methyl sites for hydroxylation is 1. The number of aromatic amines is 1. The first-order valence-electron chi connectivity index (χ1n) is 12.9. The Morgan fingerprint density at radius 3 is 2.54 bits per heavy atom. The number of allylic oxidation sites excluding steroid dienone is 6. The first-order valence-corrected chi connectivity index (χ1v) is 12.9. The first-order chi connectivity index (χ1) is 17.9. The number of carbonyl (C=O) groups is 1. The number of aromatic nitrogens is 2. The number of carbonyl (C=O) groups excluding carboxylic acids is 1. The zero-order valence-electron chi connectivity index (χ0n) is 21.3. The van der Waals surface area contributed by atoms with Gasteiger partial charge in [0.1, 0.15) is 0 Å². The standard InChI is InChI=1S/C33H29N3O/c1-21-15-16-25(24-12-5-4-11-23(21)24)28-19-34-30(35-28)36-29(37)32(3)20-31(2)22-10-8-9-17-33(32,18-22)27-14-7-6-13-26(27)31/h4-19H,20H2,1-3H3,(H2,34,35,36,37). The Kier molecular flexibility index (Phi) is 4.42. The zero-order valence-corrected chi connectivity index (χ0v) is 21.3. The van der Waals surface area contributed by atoms with Crippen LogP contribution in [0.4, 0.5) is 5.95 Å². The van der Waals surface area contributed by atoms with Gasteiger partial charge in [-0.2, -0.15) is 0 Å². The first kappa shape index (κ1) is 22.1. The Bertz CT molecular complexity index is 1710. The van der Waals surface area contributed by atoms with Crippen LogP contribution in [-0.4, -0.2) is 15.9 Å². The summed E-state index contributed by atoms with van der Waals surface area (Å²) >= 11 is 0. The predicted octanol–water partition coefficient (Wildman–Crippen LogP) is 7.15. The molecule has 2 N–H and O–H groups in total. The monoisotopic (exact) mass is 483 g/mol. The van der Waals surface area contributed by atoms with Gasteiger partial charge >= 0.3 is 0 Å². The van der Waals surface area contributed by atoms with Crippen LogP contribution in [0.2, 0.25) is 0 Å². The summed E-state index contributed by atoms with van der Waals surface area (Å²) < 4.78 is 0. The second kappa shape index (κ2) is 7.42. The fourth-order valence-corrected chi connectivity index (χ4v) is 7.11. The second-order valence-electron chi connectivity index (χ2n) is 11.1. The lowest BCUT2D eigenvalue weighted by atomic mass is 9.43. The molecule has 1 aromatic heterocycles. The van der Waals surface area contributed by atoms with Gasteiger partial charge in [-0.3, -0.25) is 10.1 Å². The van der Waals surface area contributed by atoms with Crippen LogP contribution < -0.4 is 5.32 Å². The molecule has 3 atom stereocenters. The van der Waals surface area contributed by atoms with Crippen molar-refractivity contribution >= 4 is 22.6 Å². The fraction of sp³-hybridized carbons (Fsp3) is 0.212. The van der Waals surface area contributed by atoms with Crippen LogP contribution in [0.1, 0.15) is 37.0 Å². The molecule has 0 saturated carbocycles. The van der Waals surface area contributed by atoms with Gasteiger partial charge in [-0.25, -0.2) is 4.98 Å². The molecule has 4 nitrogen and oxygen atoms in total. The number of imidazole rings is 1. The fourth-order valence-electron chi connectivity index (χ4n) is 7.11. The molecule has 0 fully saturated rings. The molecule has 3 bridgehead atoms. The molecule has 1 spiro atoms. The average Bonchev–Trinajstić information content (AvgIpc) is 3.27. The Balaban J connectivity index is 1.28. The maximum Gasteiger partial charge on any atom is 0.234 e. The number of fused-ring (bicyclic) bond motifs is 2. The van der Waals surface area contributed by atoms with E-state index in [1.165, 1.54) is 27.6 Å². The van der Waals surface area contributed by atoms with Gasteiger partial charge in [0, 0.05) is 16.4 Å². The van der Waals surface area contributed by atoms with E-state index in [0.29, 0.717) is 5.95 Å². The van der Waals surface area contributed by atoms with E-state index in [-0.39, 0.29) is 11.3 Å². The van der Waals surface area contributed by atoms with Crippen molar-refractivity contribution in [1.82, 2.24) is 9.97 Å². The van der Waals surface area contributed by atoms with Crippen LogP contribution in [0.5, 0.6) is 0 Å². The van der Waals surface area contributed by atoms with Gasteiger partial charge < -0.3 is 4.98 Å². The third-order valence-corrected chi connectivity index (χ3v) is 9.09. The minimum absolute atomic E-state index is 0.0234. The second-order valence-corrected chi connectivity index (χ2v) is 11.1. The van der Waals surface area contributed by atoms with Crippen LogP contribution in [0, 0.1) is 12.3 Å². The van der Waals surface area contributed by atoms with Gasteiger partial charge in [0.15, 0.2) is 0 Å². The molecule has 8 rings (SSSR count). The van der Waals surface area contributed by atoms with Crippen molar-refractivity contribution in [2.75, 3.05) is 5.32 Å². The highest BCUT2D eigenvalue weighted by Gasteiger charge is 2.63. The van der Waals surface area contributed by atoms with Gasteiger partial charge in [-0.1, -0.05) is 98.0 Å². The third-order valence-electron chi connectivity index (χ3n) is 9.09. The van der Waals surface area contributed by atoms with Gasteiger partial charge in [0.25, 0.3) is 0 Å². The summed E-state index contributed by atoms with van der Waals surface area (Å²) in [5, 5.41) is 5.54. The van der Waals surface area contributed by atoms with E-state index >= 15 is 0 Å². The van der Waals surface area contributed by atoms with Crippen molar-refractivity contribution in [3.63, 3.8) is 0 Å². The molecule has 4 heteroatoms. The van der Waals surface area contributed by atoms with E-state index in [1.54, 1.807) is 0 Å². The maximum atomic E-state index is 14.2. The summed E-state index contributed by atoms with van der Waals surface area (Å²) in [7, 11) is 0. The summed E-state index contributed by atoms with van der Waals surface area (Å²) in [6, 6.07) is 21.2. The molecule has 182 valence electrons. The van der Waals surface area contributed by atoms with Crippen LogP contribution in [0.25, 0.3) is 22.0 Å². The summed E-state index contributed by atoms with van der Waals surface area (Å²) in [5.41, 5.74) is 5.57. The average molecular weight is 484 g/mol. The molecule has 4 aliphatic rings. The summed E-state index contributed by atoms with van der Waals surface area (Å²) in [4.78, 5) is 22.1.